The molecular weight excluding hydrogens is 443 g/mol. The molecule has 2 aromatic carbocycles. The predicted molar refractivity (Wildman–Crippen MR) is 135 cm³/mol. The topological polar surface area (TPSA) is 35.5 Å². The molecule has 2 rings (SSSR count). The number of Topliss-reactive ketones (excluding diaryl/α,β-unsaturated/α-hetero) is 1. The molecule has 0 N–H and O–H groups in total. The molecule has 0 aliphatic heterocycles. The number of hydrogen-bond acceptors (Lipinski definition) is 3. The Morgan fingerprint density at radius 3 is 1.53 bits per heavy atom. The summed E-state index contributed by atoms with van der Waals surface area (Å²) in [6.45, 7) is 9.51. The van der Waals surface area contributed by atoms with Crippen molar-refractivity contribution in [1.82, 2.24) is 0 Å². The minimum absolute atomic E-state index is 0.158. The van der Waals surface area contributed by atoms with Crippen molar-refractivity contribution in [2.24, 2.45) is 0 Å². The fourth-order valence-corrected chi connectivity index (χ4v) is 4.00. The van der Waals surface area contributed by atoms with Gasteiger partial charge in [0.05, 0.1) is 25.0 Å². The molecule has 0 heterocycles. The lowest BCUT2D eigenvalue weighted by molar-refractivity contribution is -0.121. The van der Waals surface area contributed by atoms with Gasteiger partial charge in [-0.05, 0) is 36.1 Å². The van der Waals surface area contributed by atoms with E-state index in [4.69, 9.17) is 32.7 Å². The van der Waals surface area contributed by atoms with E-state index in [1.807, 2.05) is 50.2 Å². The lowest BCUT2D eigenvalue weighted by Crippen LogP contribution is -2.17. The summed E-state index contributed by atoms with van der Waals surface area (Å²) in [5, 5.41) is 0. The van der Waals surface area contributed by atoms with E-state index in [9.17, 15) is 4.79 Å². The van der Waals surface area contributed by atoms with Crippen LogP contribution in [0.4, 0.5) is 0 Å². The molecule has 0 fully saturated rings. The summed E-state index contributed by atoms with van der Waals surface area (Å²) in [7, 11) is 0. The van der Waals surface area contributed by atoms with Gasteiger partial charge < -0.3 is 9.47 Å². The molecule has 0 aliphatic rings. The highest BCUT2D eigenvalue weighted by atomic mass is 35.5. The van der Waals surface area contributed by atoms with Gasteiger partial charge in [0.2, 0.25) is 0 Å². The second-order valence-electron chi connectivity index (χ2n) is 8.25. The Morgan fingerprint density at radius 2 is 1.19 bits per heavy atom. The SMILES string of the molecule is CCCCOc1ccc(C(C)C(=O)C(C)c2ccc(OCCCC)c(CCl)c2)cc1CCl. The molecule has 0 amide bonds. The normalized spacial score (nSPS) is 12.9. The van der Waals surface area contributed by atoms with Gasteiger partial charge in [0.15, 0.2) is 0 Å². The summed E-state index contributed by atoms with van der Waals surface area (Å²) < 4.78 is 11.7. The lowest BCUT2D eigenvalue weighted by Gasteiger charge is -2.20. The minimum atomic E-state index is -0.253. The quantitative estimate of drug-likeness (QED) is 0.203. The van der Waals surface area contributed by atoms with Crippen LogP contribution in [-0.4, -0.2) is 19.0 Å². The van der Waals surface area contributed by atoms with Gasteiger partial charge in [-0.2, -0.15) is 0 Å². The van der Waals surface area contributed by atoms with Crippen LogP contribution in [0.1, 0.15) is 87.5 Å². The number of rotatable bonds is 14. The zero-order valence-electron chi connectivity index (χ0n) is 19.8. The Labute approximate surface area is 203 Å². The molecule has 2 unspecified atom stereocenters. The third-order valence-corrected chi connectivity index (χ3v) is 6.40. The van der Waals surface area contributed by atoms with E-state index in [1.165, 1.54) is 0 Å². The van der Waals surface area contributed by atoms with E-state index in [1.54, 1.807) is 0 Å². The van der Waals surface area contributed by atoms with Crippen LogP contribution in [0.2, 0.25) is 0 Å². The van der Waals surface area contributed by atoms with Crippen LogP contribution in [0.25, 0.3) is 0 Å². The van der Waals surface area contributed by atoms with Crippen LogP contribution in [0.3, 0.4) is 0 Å². The first-order chi connectivity index (χ1) is 15.5. The first kappa shape index (κ1) is 26.5. The lowest BCUT2D eigenvalue weighted by atomic mass is 9.85. The van der Waals surface area contributed by atoms with Crippen molar-refractivity contribution in [3.8, 4) is 11.5 Å². The maximum atomic E-state index is 13.3. The Hall–Kier alpha value is -1.71. The predicted octanol–water partition coefficient (Wildman–Crippen LogP) is 8.00. The summed E-state index contributed by atoms with van der Waals surface area (Å²) in [4.78, 5) is 13.3. The molecule has 0 aliphatic carbocycles. The zero-order chi connectivity index (χ0) is 23.5. The summed E-state index contributed by atoms with van der Waals surface area (Å²) in [5.74, 6) is 1.96. The molecule has 2 aromatic rings. The first-order valence-electron chi connectivity index (χ1n) is 11.6. The van der Waals surface area contributed by atoms with Gasteiger partial charge in [0.25, 0.3) is 0 Å². The fraction of sp³-hybridized carbons (Fsp3) is 0.519. The highest BCUT2D eigenvalue weighted by Crippen LogP contribution is 2.32. The van der Waals surface area contributed by atoms with Gasteiger partial charge in [0.1, 0.15) is 17.3 Å². The van der Waals surface area contributed by atoms with Crippen LogP contribution in [-0.2, 0) is 16.6 Å². The number of benzene rings is 2. The van der Waals surface area contributed by atoms with Gasteiger partial charge >= 0.3 is 0 Å². The third kappa shape index (κ3) is 7.15. The van der Waals surface area contributed by atoms with Crippen molar-refractivity contribution in [2.75, 3.05) is 13.2 Å². The van der Waals surface area contributed by atoms with Crippen molar-refractivity contribution < 1.29 is 14.3 Å². The average molecular weight is 479 g/mol. The summed E-state index contributed by atoms with van der Waals surface area (Å²) in [5.41, 5.74) is 3.76. The van der Waals surface area contributed by atoms with Crippen LogP contribution in [0.15, 0.2) is 36.4 Å². The van der Waals surface area contributed by atoms with Crippen molar-refractivity contribution in [3.63, 3.8) is 0 Å². The number of unbranched alkanes of at least 4 members (excludes halogenated alkanes) is 2. The molecule has 0 saturated heterocycles. The maximum Gasteiger partial charge on any atom is 0.147 e. The number of alkyl halides is 2. The second kappa shape index (κ2) is 13.7. The zero-order valence-corrected chi connectivity index (χ0v) is 21.3. The largest absolute Gasteiger partial charge is 0.493 e. The van der Waals surface area contributed by atoms with E-state index < -0.39 is 0 Å². The van der Waals surface area contributed by atoms with Crippen molar-refractivity contribution in [1.29, 1.82) is 0 Å². The molecule has 2 atom stereocenters. The van der Waals surface area contributed by atoms with Crippen LogP contribution < -0.4 is 9.47 Å². The van der Waals surface area contributed by atoms with Crippen LogP contribution >= 0.6 is 23.2 Å². The van der Waals surface area contributed by atoms with E-state index in [0.29, 0.717) is 25.0 Å². The third-order valence-electron chi connectivity index (χ3n) is 5.82. The van der Waals surface area contributed by atoms with Crippen LogP contribution in [0.5, 0.6) is 11.5 Å². The van der Waals surface area contributed by atoms with Crippen molar-refractivity contribution in [3.05, 3.63) is 58.7 Å². The highest BCUT2D eigenvalue weighted by molar-refractivity contribution is 6.17. The van der Waals surface area contributed by atoms with E-state index in [-0.39, 0.29) is 17.6 Å². The molecule has 3 nitrogen and oxygen atoms in total. The smallest absolute Gasteiger partial charge is 0.147 e. The summed E-state index contributed by atoms with van der Waals surface area (Å²) in [6.07, 6.45) is 4.16. The molecule has 0 spiro atoms. The molecule has 0 bridgehead atoms. The number of ketones is 1. The van der Waals surface area contributed by atoms with Gasteiger partial charge in [-0.15, -0.1) is 23.2 Å². The van der Waals surface area contributed by atoms with Crippen molar-refractivity contribution in [2.45, 2.75) is 77.0 Å². The molecule has 32 heavy (non-hydrogen) atoms. The molecule has 0 saturated carbocycles. The first-order valence-corrected chi connectivity index (χ1v) is 12.7. The Balaban J connectivity index is 2.16. The molecule has 0 aromatic heterocycles. The summed E-state index contributed by atoms with van der Waals surface area (Å²) in [6, 6.07) is 11.8. The minimum Gasteiger partial charge on any atom is -0.493 e. The van der Waals surface area contributed by atoms with Gasteiger partial charge in [-0.3, -0.25) is 4.79 Å². The summed E-state index contributed by atoms with van der Waals surface area (Å²) >= 11 is 12.3. The molecule has 0 radical (unpaired) electrons. The number of halogens is 2. The number of carbonyl (C=O) groups is 1. The number of hydrogen-bond donors (Lipinski definition) is 0. The van der Waals surface area contributed by atoms with Crippen molar-refractivity contribution >= 4 is 29.0 Å². The van der Waals surface area contributed by atoms with Crippen LogP contribution in [0, 0.1) is 0 Å². The Morgan fingerprint density at radius 1 is 0.781 bits per heavy atom. The second-order valence-corrected chi connectivity index (χ2v) is 8.79. The van der Waals surface area contributed by atoms with Gasteiger partial charge in [-0.25, -0.2) is 0 Å². The van der Waals surface area contributed by atoms with E-state index in [2.05, 4.69) is 13.8 Å². The van der Waals surface area contributed by atoms with E-state index in [0.717, 1.165) is 59.4 Å². The molecule has 5 heteroatoms. The van der Waals surface area contributed by atoms with Gasteiger partial charge in [0, 0.05) is 23.0 Å². The average Bonchev–Trinajstić information content (AvgIpc) is 2.83. The molecular formula is C27H36Cl2O3. The molecule has 176 valence electrons. The number of ether oxygens (including phenoxy) is 2. The van der Waals surface area contributed by atoms with E-state index >= 15 is 0 Å². The standard InChI is InChI=1S/C27H36Cl2O3/c1-5-7-13-31-25-11-9-21(15-23(25)17-28)19(3)27(30)20(4)22-10-12-26(24(16-22)18-29)32-14-8-6-2/h9-12,15-16,19-20H,5-8,13-14,17-18H2,1-4H3. The maximum absolute atomic E-state index is 13.3. The monoisotopic (exact) mass is 478 g/mol. The van der Waals surface area contributed by atoms with Gasteiger partial charge in [-0.1, -0.05) is 64.8 Å². The Kier molecular flexibility index (Phi) is 11.4. The Bertz CT molecular complexity index is 796. The fourth-order valence-electron chi connectivity index (χ4n) is 3.58. The number of carbonyl (C=O) groups excluding carboxylic acids is 1. The highest BCUT2D eigenvalue weighted by Gasteiger charge is 2.24.